The number of rotatable bonds is 4. The van der Waals surface area contributed by atoms with E-state index in [9.17, 15) is 0 Å². The normalized spacial score (nSPS) is 10.4. The van der Waals surface area contributed by atoms with E-state index in [0.717, 1.165) is 35.2 Å². The minimum atomic E-state index is 0.718. The van der Waals surface area contributed by atoms with Crippen LogP contribution < -0.4 is 4.90 Å². The van der Waals surface area contributed by atoms with Crippen LogP contribution in [0.15, 0.2) is 36.7 Å². The van der Waals surface area contributed by atoms with Gasteiger partial charge in [-0.3, -0.25) is 0 Å². The van der Waals surface area contributed by atoms with Crippen molar-refractivity contribution in [3.8, 4) is 11.3 Å². The summed E-state index contributed by atoms with van der Waals surface area (Å²) in [7, 11) is 0. The third-order valence-corrected chi connectivity index (χ3v) is 3.10. The third kappa shape index (κ3) is 2.79. The number of hydrogen-bond acceptors (Lipinski definition) is 3. The van der Waals surface area contributed by atoms with E-state index in [0.29, 0.717) is 0 Å². The van der Waals surface area contributed by atoms with Gasteiger partial charge in [0.1, 0.15) is 12.1 Å². The Kier molecular flexibility index (Phi) is 4.15. The van der Waals surface area contributed by atoms with Gasteiger partial charge in [-0.1, -0.05) is 23.7 Å². The van der Waals surface area contributed by atoms with Gasteiger partial charge >= 0.3 is 0 Å². The molecule has 3 nitrogen and oxygen atoms in total. The summed E-state index contributed by atoms with van der Waals surface area (Å²) >= 11 is 6.00. The first kappa shape index (κ1) is 12.8. The Bertz CT molecular complexity index is 524. The molecule has 1 heterocycles. The minimum Gasteiger partial charge on any atom is -0.357 e. The van der Waals surface area contributed by atoms with Gasteiger partial charge in [0.25, 0.3) is 0 Å². The first-order valence-corrected chi connectivity index (χ1v) is 6.45. The van der Waals surface area contributed by atoms with Crippen molar-refractivity contribution in [2.24, 2.45) is 0 Å². The van der Waals surface area contributed by atoms with Gasteiger partial charge in [-0.25, -0.2) is 9.97 Å². The van der Waals surface area contributed by atoms with E-state index < -0.39 is 0 Å². The SMILES string of the molecule is CCN(CC)c1cc(-c2cccc(Cl)c2)ncn1. The van der Waals surface area contributed by atoms with E-state index in [1.807, 2.05) is 30.3 Å². The van der Waals surface area contributed by atoms with Gasteiger partial charge in [-0.2, -0.15) is 0 Å². The second-order valence-corrected chi connectivity index (χ2v) is 4.38. The lowest BCUT2D eigenvalue weighted by Gasteiger charge is -2.19. The molecule has 94 valence electrons. The van der Waals surface area contributed by atoms with Crippen LogP contribution in [0.1, 0.15) is 13.8 Å². The van der Waals surface area contributed by atoms with E-state index in [2.05, 4.69) is 28.7 Å². The molecular formula is C14H16ClN3. The molecule has 0 N–H and O–H groups in total. The Labute approximate surface area is 112 Å². The van der Waals surface area contributed by atoms with Crippen molar-refractivity contribution in [3.63, 3.8) is 0 Å². The molecule has 0 unspecified atom stereocenters. The van der Waals surface area contributed by atoms with Crippen LogP contribution in [-0.2, 0) is 0 Å². The molecule has 1 aromatic carbocycles. The molecule has 4 heteroatoms. The van der Waals surface area contributed by atoms with Crippen molar-refractivity contribution in [1.29, 1.82) is 0 Å². The van der Waals surface area contributed by atoms with Crippen LogP contribution in [0.3, 0.4) is 0 Å². The fraction of sp³-hybridized carbons (Fsp3) is 0.286. The largest absolute Gasteiger partial charge is 0.357 e. The van der Waals surface area contributed by atoms with Crippen LogP contribution in [0.5, 0.6) is 0 Å². The zero-order valence-electron chi connectivity index (χ0n) is 10.6. The van der Waals surface area contributed by atoms with Crippen molar-refractivity contribution in [1.82, 2.24) is 9.97 Å². The van der Waals surface area contributed by atoms with E-state index >= 15 is 0 Å². The summed E-state index contributed by atoms with van der Waals surface area (Å²) in [6.45, 7) is 6.10. The van der Waals surface area contributed by atoms with Crippen molar-refractivity contribution >= 4 is 17.4 Å². The molecule has 2 aromatic rings. The zero-order valence-corrected chi connectivity index (χ0v) is 11.4. The maximum absolute atomic E-state index is 6.00. The predicted molar refractivity (Wildman–Crippen MR) is 76.0 cm³/mol. The summed E-state index contributed by atoms with van der Waals surface area (Å²) in [5.41, 5.74) is 1.91. The Hall–Kier alpha value is -1.61. The fourth-order valence-electron chi connectivity index (χ4n) is 1.87. The van der Waals surface area contributed by atoms with Crippen LogP contribution in [0.4, 0.5) is 5.82 Å². The monoisotopic (exact) mass is 261 g/mol. The molecule has 0 saturated heterocycles. The maximum Gasteiger partial charge on any atom is 0.132 e. The summed E-state index contributed by atoms with van der Waals surface area (Å²) in [5, 5.41) is 0.718. The lowest BCUT2D eigenvalue weighted by atomic mass is 10.1. The van der Waals surface area contributed by atoms with Crippen molar-refractivity contribution in [2.45, 2.75) is 13.8 Å². The topological polar surface area (TPSA) is 29.0 Å². The molecule has 2 rings (SSSR count). The summed E-state index contributed by atoms with van der Waals surface area (Å²) in [5.74, 6) is 0.949. The molecule has 0 fully saturated rings. The highest BCUT2D eigenvalue weighted by Crippen LogP contribution is 2.23. The highest BCUT2D eigenvalue weighted by molar-refractivity contribution is 6.30. The molecule has 0 atom stereocenters. The number of anilines is 1. The van der Waals surface area contributed by atoms with E-state index in [1.54, 1.807) is 6.33 Å². The Balaban J connectivity index is 2.38. The highest BCUT2D eigenvalue weighted by Gasteiger charge is 2.06. The molecule has 18 heavy (non-hydrogen) atoms. The Morgan fingerprint density at radius 3 is 2.56 bits per heavy atom. The molecule has 0 saturated carbocycles. The van der Waals surface area contributed by atoms with Gasteiger partial charge in [0.2, 0.25) is 0 Å². The van der Waals surface area contributed by atoms with Crippen molar-refractivity contribution < 1.29 is 0 Å². The Morgan fingerprint density at radius 1 is 1.11 bits per heavy atom. The average Bonchev–Trinajstić information content (AvgIpc) is 2.41. The minimum absolute atomic E-state index is 0.718. The Morgan fingerprint density at radius 2 is 1.89 bits per heavy atom. The average molecular weight is 262 g/mol. The van der Waals surface area contributed by atoms with Crippen molar-refractivity contribution in [3.05, 3.63) is 41.7 Å². The summed E-state index contributed by atoms with van der Waals surface area (Å²) in [6, 6.07) is 9.70. The zero-order chi connectivity index (χ0) is 13.0. The first-order chi connectivity index (χ1) is 8.74. The summed E-state index contributed by atoms with van der Waals surface area (Å²) in [4.78, 5) is 10.8. The molecule has 0 bridgehead atoms. The standard InChI is InChI=1S/C14H16ClN3/c1-3-18(4-2)14-9-13(16-10-17-14)11-6-5-7-12(15)8-11/h5-10H,3-4H2,1-2H3. The van der Waals surface area contributed by atoms with Gasteiger partial charge < -0.3 is 4.90 Å². The first-order valence-electron chi connectivity index (χ1n) is 6.07. The van der Waals surface area contributed by atoms with Gasteiger partial charge in [0.05, 0.1) is 5.69 Å². The highest BCUT2D eigenvalue weighted by atomic mass is 35.5. The molecule has 0 spiro atoms. The number of benzene rings is 1. The molecule has 0 aliphatic heterocycles. The van der Waals surface area contributed by atoms with Gasteiger partial charge in [-0.15, -0.1) is 0 Å². The maximum atomic E-state index is 6.00. The number of hydrogen-bond donors (Lipinski definition) is 0. The number of halogens is 1. The molecular weight excluding hydrogens is 246 g/mol. The summed E-state index contributed by atoms with van der Waals surface area (Å²) < 4.78 is 0. The number of aromatic nitrogens is 2. The molecule has 0 radical (unpaired) electrons. The smallest absolute Gasteiger partial charge is 0.132 e. The fourth-order valence-corrected chi connectivity index (χ4v) is 2.06. The lowest BCUT2D eigenvalue weighted by Crippen LogP contribution is -2.22. The third-order valence-electron chi connectivity index (χ3n) is 2.86. The van der Waals surface area contributed by atoms with Crippen LogP contribution in [0, 0.1) is 0 Å². The van der Waals surface area contributed by atoms with Gasteiger partial charge in [0, 0.05) is 29.7 Å². The van der Waals surface area contributed by atoms with Gasteiger partial charge in [0.15, 0.2) is 0 Å². The predicted octanol–water partition coefficient (Wildman–Crippen LogP) is 3.64. The number of nitrogens with zero attached hydrogens (tertiary/aromatic N) is 3. The quantitative estimate of drug-likeness (QED) is 0.841. The van der Waals surface area contributed by atoms with Crippen LogP contribution in [0.2, 0.25) is 5.02 Å². The molecule has 0 aliphatic carbocycles. The molecule has 0 amide bonds. The van der Waals surface area contributed by atoms with E-state index in [-0.39, 0.29) is 0 Å². The van der Waals surface area contributed by atoms with Crippen molar-refractivity contribution in [2.75, 3.05) is 18.0 Å². The molecule has 1 aromatic heterocycles. The van der Waals surface area contributed by atoms with E-state index in [1.165, 1.54) is 0 Å². The lowest BCUT2D eigenvalue weighted by molar-refractivity contribution is 0.842. The van der Waals surface area contributed by atoms with Crippen LogP contribution in [0.25, 0.3) is 11.3 Å². The molecule has 0 aliphatic rings. The second kappa shape index (κ2) is 5.83. The second-order valence-electron chi connectivity index (χ2n) is 3.94. The van der Waals surface area contributed by atoms with Crippen LogP contribution >= 0.6 is 11.6 Å². The summed E-state index contributed by atoms with van der Waals surface area (Å²) in [6.07, 6.45) is 1.60. The van der Waals surface area contributed by atoms with Gasteiger partial charge in [-0.05, 0) is 26.0 Å². The van der Waals surface area contributed by atoms with Crippen LogP contribution in [-0.4, -0.2) is 23.1 Å². The van der Waals surface area contributed by atoms with E-state index in [4.69, 9.17) is 11.6 Å².